The average molecular weight is 331 g/mol. The first kappa shape index (κ1) is 18.7. The van der Waals surface area contributed by atoms with Crippen molar-refractivity contribution in [3.8, 4) is 5.75 Å². The molecule has 2 N–H and O–H groups in total. The zero-order valence-electron chi connectivity index (χ0n) is 13.3. The van der Waals surface area contributed by atoms with Crippen LogP contribution < -0.4 is 10.1 Å². The second-order valence-electron chi connectivity index (χ2n) is 5.85. The number of anilines is 1. The quantitative estimate of drug-likeness (QED) is 0.865. The van der Waals surface area contributed by atoms with Crippen molar-refractivity contribution < 1.29 is 33.0 Å². The van der Waals surface area contributed by atoms with E-state index in [0.717, 1.165) is 0 Å². The number of carbonyl (C=O) groups is 2. The van der Waals surface area contributed by atoms with Crippen molar-refractivity contribution >= 4 is 17.7 Å². The molecule has 0 saturated heterocycles. The van der Waals surface area contributed by atoms with Gasteiger partial charge in [0.05, 0.1) is 12.8 Å². The highest BCUT2D eigenvalue weighted by atomic mass is 19.3. The Balaban J connectivity index is 2.93. The fourth-order valence-corrected chi connectivity index (χ4v) is 1.69. The van der Waals surface area contributed by atoms with Gasteiger partial charge in [0.25, 0.3) is 0 Å². The van der Waals surface area contributed by atoms with Crippen molar-refractivity contribution in [2.45, 2.75) is 38.7 Å². The monoisotopic (exact) mass is 331 g/mol. The van der Waals surface area contributed by atoms with Crippen molar-refractivity contribution in [3.63, 3.8) is 0 Å². The molecule has 0 aliphatic carbocycles. The number of benzene rings is 1. The number of carboxylic acid groups (broad SMARTS) is 1. The third kappa shape index (κ3) is 5.72. The maximum atomic E-state index is 13.2. The second-order valence-corrected chi connectivity index (χ2v) is 5.85. The highest BCUT2D eigenvalue weighted by Gasteiger charge is 2.38. The Morgan fingerprint density at radius 2 is 1.87 bits per heavy atom. The Kier molecular flexibility index (Phi) is 5.52. The van der Waals surface area contributed by atoms with Crippen molar-refractivity contribution in [3.05, 3.63) is 23.8 Å². The van der Waals surface area contributed by atoms with Crippen LogP contribution in [0.2, 0.25) is 0 Å². The number of alkyl halides is 2. The highest BCUT2D eigenvalue weighted by molar-refractivity contribution is 5.87. The summed E-state index contributed by atoms with van der Waals surface area (Å²) < 4.78 is 36.6. The summed E-state index contributed by atoms with van der Waals surface area (Å²) in [6.45, 7) is 5.09. The highest BCUT2D eigenvalue weighted by Crippen LogP contribution is 2.29. The van der Waals surface area contributed by atoms with E-state index in [9.17, 15) is 18.4 Å². The molecule has 23 heavy (non-hydrogen) atoms. The average Bonchev–Trinajstić information content (AvgIpc) is 2.37. The Morgan fingerprint density at radius 1 is 1.26 bits per heavy atom. The minimum atomic E-state index is -3.88. The minimum absolute atomic E-state index is 0.0592. The van der Waals surface area contributed by atoms with Crippen LogP contribution in [0.25, 0.3) is 0 Å². The molecule has 0 atom stereocenters. The first-order valence-corrected chi connectivity index (χ1v) is 6.73. The number of aliphatic carboxylic acids is 1. The molecule has 0 radical (unpaired) electrons. The fraction of sp³-hybridized carbons (Fsp3) is 0.467. The van der Waals surface area contributed by atoms with Gasteiger partial charge in [-0.2, -0.15) is 8.78 Å². The molecule has 0 fully saturated rings. The van der Waals surface area contributed by atoms with Gasteiger partial charge in [-0.05, 0) is 38.5 Å². The molecule has 0 aliphatic rings. The van der Waals surface area contributed by atoms with Gasteiger partial charge in [-0.3, -0.25) is 5.32 Å². The number of methoxy groups -OCH3 is 1. The molecule has 1 rings (SSSR count). The van der Waals surface area contributed by atoms with E-state index >= 15 is 0 Å². The number of hydrogen-bond donors (Lipinski definition) is 2. The number of ether oxygens (including phenoxy) is 2. The predicted octanol–water partition coefficient (Wildman–Crippen LogP) is 3.30. The molecule has 0 heterocycles. The van der Waals surface area contributed by atoms with Gasteiger partial charge in [-0.25, -0.2) is 9.59 Å². The van der Waals surface area contributed by atoms with Gasteiger partial charge in [-0.1, -0.05) is 6.07 Å². The molecule has 0 aliphatic heterocycles. The molecular formula is C15H19F2NO5. The van der Waals surface area contributed by atoms with Gasteiger partial charge in [0.2, 0.25) is 0 Å². The number of carbonyl (C=O) groups excluding carboxylic acids is 1. The van der Waals surface area contributed by atoms with Gasteiger partial charge >= 0.3 is 18.0 Å². The molecule has 6 nitrogen and oxygen atoms in total. The zero-order chi connectivity index (χ0) is 17.8. The molecule has 0 unspecified atom stereocenters. The van der Waals surface area contributed by atoms with Gasteiger partial charge in [-0.15, -0.1) is 0 Å². The van der Waals surface area contributed by atoms with Crippen molar-refractivity contribution in [2.75, 3.05) is 12.4 Å². The van der Waals surface area contributed by atoms with E-state index in [1.165, 1.54) is 25.3 Å². The molecule has 1 aromatic carbocycles. The van der Waals surface area contributed by atoms with E-state index in [-0.39, 0.29) is 17.0 Å². The normalized spacial score (nSPS) is 11.7. The third-order valence-corrected chi connectivity index (χ3v) is 2.64. The summed E-state index contributed by atoms with van der Waals surface area (Å²) in [5.41, 5.74) is -0.408. The van der Waals surface area contributed by atoms with Crippen LogP contribution >= 0.6 is 0 Å². The van der Waals surface area contributed by atoms with Crippen LogP contribution in [-0.4, -0.2) is 35.8 Å². The van der Waals surface area contributed by atoms with Gasteiger partial charge in [0, 0.05) is 6.42 Å². The summed E-state index contributed by atoms with van der Waals surface area (Å²) in [6.07, 6.45) is -1.70. The summed E-state index contributed by atoms with van der Waals surface area (Å²) in [5.74, 6) is -5.97. The number of halogens is 2. The molecule has 1 aromatic rings. The van der Waals surface area contributed by atoms with Gasteiger partial charge < -0.3 is 14.6 Å². The molecule has 0 bridgehead atoms. The number of carboxylic acids is 1. The first-order valence-electron chi connectivity index (χ1n) is 6.73. The lowest BCUT2D eigenvalue weighted by atomic mass is 10.1. The van der Waals surface area contributed by atoms with E-state index in [0.29, 0.717) is 0 Å². The van der Waals surface area contributed by atoms with Crippen LogP contribution in [-0.2, 0) is 16.0 Å². The molecule has 1 amide bonds. The summed E-state index contributed by atoms with van der Waals surface area (Å²) in [4.78, 5) is 22.2. The molecule has 128 valence electrons. The van der Waals surface area contributed by atoms with E-state index in [1.54, 1.807) is 20.8 Å². The number of amides is 1. The molecule has 0 saturated carbocycles. The SMILES string of the molecule is COc1cc(CC(F)(F)C(=O)O)ccc1NC(=O)OC(C)(C)C. The summed E-state index contributed by atoms with van der Waals surface area (Å²) in [6, 6.07) is 3.87. The number of rotatable bonds is 5. The maximum absolute atomic E-state index is 13.2. The van der Waals surface area contributed by atoms with E-state index in [1.807, 2.05) is 0 Å². The smallest absolute Gasteiger partial charge is 0.412 e. The van der Waals surface area contributed by atoms with Gasteiger partial charge in [0.1, 0.15) is 11.4 Å². The van der Waals surface area contributed by atoms with E-state index in [4.69, 9.17) is 14.6 Å². The second kappa shape index (κ2) is 6.80. The van der Waals surface area contributed by atoms with Crippen LogP contribution in [0.1, 0.15) is 26.3 Å². The van der Waals surface area contributed by atoms with E-state index in [2.05, 4.69) is 5.32 Å². The summed E-state index contributed by atoms with van der Waals surface area (Å²) in [5, 5.41) is 10.9. The maximum Gasteiger partial charge on any atom is 0.412 e. The predicted molar refractivity (Wildman–Crippen MR) is 79.1 cm³/mol. The lowest BCUT2D eigenvalue weighted by Crippen LogP contribution is -2.30. The van der Waals surface area contributed by atoms with Crippen LogP contribution in [0.3, 0.4) is 0 Å². The molecular weight excluding hydrogens is 312 g/mol. The molecule has 0 aromatic heterocycles. The summed E-state index contributed by atoms with van der Waals surface area (Å²) in [7, 11) is 1.30. The Labute approximate surface area is 132 Å². The topological polar surface area (TPSA) is 84.9 Å². The third-order valence-electron chi connectivity index (χ3n) is 2.64. The summed E-state index contributed by atoms with van der Waals surface area (Å²) >= 11 is 0. The standard InChI is InChI=1S/C15H19F2NO5/c1-14(2,3)23-13(21)18-10-6-5-9(7-11(10)22-4)8-15(16,17)12(19)20/h5-7H,8H2,1-4H3,(H,18,21)(H,19,20). The number of hydrogen-bond acceptors (Lipinski definition) is 4. The van der Waals surface area contributed by atoms with Crippen molar-refractivity contribution in [1.82, 2.24) is 0 Å². The zero-order valence-corrected chi connectivity index (χ0v) is 13.3. The van der Waals surface area contributed by atoms with E-state index < -0.39 is 30.0 Å². The van der Waals surface area contributed by atoms with Crippen molar-refractivity contribution in [1.29, 1.82) is 0 Å². The van der Waals surface area contributed by atoms with Crippen molar-refractivity contribution in [2.24, 2.45) is 0 Å². The largest absolute Gasteiger partial charge is 0.495 e. The fourth-order valence-electron chi connectivity index (χ4n) is 1.69. The lowest BCUT2D eigenvalue weighted by molar-refractivity contribution is -0.164. The first-order chi connectivity index (χ1) is 10.4. The Hall–Kier alpha value is -2.38. The Morgan fingerprint density at radius 3 is 2.35 bits per heavy atom. The molecule has 8 heteroatoms. The number of nitrogens with one attached hydrogen (secondary N) is 1. The van der Waals surface area contributed by atoms with Crippen LogP contribution in [0.15, 0.2) is 18.2 Å². The molecule has 0 spiro atoms. The minimum Gasteiger partial charge on any atom is -0.495 e. The van der Waals surface area contributed by atoms with Gasteiger partial charge in [0.15, 0.2) is 0 Å². The van der Waals surface area contributed by atoms with Crippen LogP contribution in [0.5, 0.6) is 5.75 Å². The lowest BCUT2D eigenvalue weighted by Gasteiger charge is -2.20. The van der Waals surface area contributed by atoms with Crippen LogP contribution in [0, 0.1) is 0 Å². The van der Waals surface area contributed by atoms with Crippen LogP contribution in [0.4, 0.5) is 19.3 Å². The Bertz CT molecular complexity index is 596.